The van der Waals surface area contributed by atoms with Crippen LogP contribution in [0.5, 0.6) is 0 Å². The largest absolute Gasteiger partial charge is 0.0619 e. The summed E-state index contributed by atoms with van der Waals surface area (Å²) < 4.78 is 0. The van der Waals surface area contributed by atoms with Crippen molar-refractivity contribution >= 4 is 0 Å². The molecule has 0 heteroatoms. The highest BCUT2D eigenvalue weighted by Gasteiger charge is 2.26. The van der Waals surface area contributed by atoms with Crippen molar-refractivity contribution < 1.29 is 0 Å². The third-order valence-corrected chi connectivity index (χ3v) is 1.67. The average Bonchev–Trinajstić information content (AvgIpc) is 2.46. The number of hydrogen-bond donors (Lipinski definition) is 0. The first kappa shape index (κ1) is 4.13. The highest BCUT2D eigenvalue weighted by atomic mass is 14.3. The van der Waals surface area contributed by atoms with Gasteiger partial charge >= 0.3 is 0 Å². The molecule has 1 radical (unpaired) electrons. The molecule has 1 aliphatic carbocycles. The second kappa shape index (κ2) is 1.13. The minimum Gasteiger partial charge on any atom is -0.0619 e. The number of fused-ring (bicyclic) bond motifs is 1. The molecule has 0 aliphatic heterocycles. The Bertz CT molecular complexity index is 190. The van der Waals surface area contributed by atoms with Crippen LogP contribution in [0.2, 0.25) is 0 Å². The fourth-order valence-electron chi connectivity index (χ4n) is 1.05. The Morgan fingerprint density at radius 2 is 1.50 bits per heavy atom. The number of hydrogen-bond acceptors (Lipinski definition) is 0. The van der Waals surface area contributed by atoms with E-state index in [0.29, 0.717) is 0 Å². The SMILES string of the molecule is C[C]1c2ccccc21. The first-order valence-electron chi connectivity index (χ1n) is 2.83. The Hall–Kier alpha value is -0.780. The van der Waals surface area contributed by atoms with Crippen LogP contribution in [0.1, 0.15) is 18.1 Å². The van der Waals surface area contributed by atoms with Gasteiger partial charge in [-0.3, -0.25) is 0 Å². The van der Waals surface area contributed by atoms with Gasteiger partial charge in [0.25, 0.3) is 0 Å². The third-order valence-electron chi connectivity index (χ3n) is 1.67. The maximum atomic E-state index is 2.16. The quantitative estimate of drug-likeness (QED) is 0.471. The fourth-order valence-corrected chi connectivity index (χ4v) is 1.05. The zero-order chi connectivity index (χ0) is 5.56. The molecule has 8 heavy (non-hydrogen) atoms. The monoisotopic (exact) mass is 103 g/mol. The maximum Gasteiger partial charge on any atom is 0.0315 e. The number of rotatable bonds is 0. The molecule has 0 saturated heterocycles. The van der Waals surface area contributed by atoms with Crippen LogP contribution in [-0.2, 0) is 0 Å². The highest BCUT2D eigenvalue weighted by molar-refractivity contribution is 5.65. The Morgan fingerprint density at radius 1 is 1.00 bits per heavy atom. The molecule has 1 aromatic rings. The minimum absolute atomic E-state index is 1.45. The Labute approximate surface area is 49.2 Å². The lowest BCUT2D eigenvalue weighted by Gasteiger charge is -1.68. The first-order chi connectivity index (χ1) is 3.89. The van der Waals surface area contributed by atoms with Crippen molar-refractivity contribution in [1.82, 2.24) is 0 Å². The van der Waals surface area contributed by atoms with Gasteiger partial charge in [0.1, 0.15) is 0 Å². The van der Waals surface area contributed by atoms with Gasteiger partial charge in [0.15, 0.2) is 0 Å². The van der Waals surface area contributed by atoms with E-state index in [9.17, 15) is 0 Å². The van der Waals surface area contributed by atoms with Crippen LogP contribution in [-0.4, -0.2) is 0 Å². The van der Waals surface area contributed by atoms with E-state index in [4.69, 9.17) is 0 Å². The smallest absolute Gasteiger partial charge is 0.0315 e. The number of benzene rings is 1. The molecule has 1 aromatic carbocycles. The second-order valence-electron chi connectivity index (χ2n) is 2.17. The van der Waals surface area contributed by atoms with Crippen LogP contribution in [0.3, 0.4) is 0 Å². The summed E-state index contributed by atoms with van der Waals surface area (Å²) in [6, 6.07) is 8.47. The van der Waals surface area contributed by atoms with E-state index in [2.05, 4.69) is 31.2 Å². The van der Waals surface area contributed by atoms with Crippen LogP contribution < -0.4 is 0 Å². The van der Waals surface area contributed by atoms with E-state index >= 15 is 0 Å². The van der Waals surface area contributed by atoms with Crippen LogP contribution in [0.25, 0.3) is 0 Å². The molecular weight excluding hydrogens is 96.1 g/mol. The summed E-state index contributed by atoms with van der Waals surface area (Å²) >= 11 is 0. The van der Waals surface area contributed by atoms with Gasteiger partial charge in [-0.25, -0.2) is 0 Å². The summed E-state index contributed by atoms with van der Waals surface area (Å²) in [6.45, 7) is 2.16. The van der Waals surface area contributed by atoms with Gasteiger partial charge in [-0.15, -0.1) is 0 Å². The van der Waals surface area contributed by atoms with E-state index in [1.807, 2.05) is 0 Å². The van der Waals surface area contributed by atoms with Crippen molar-refractivity contribution in [2.45, 2.75) is 6.92 Å². The predicted molar refractivity (Wildman–Crippen MR) is 33.6 cm³/mol. The van der Waals surface area contributed by atoms with E-state index in [1.165, 1.54) is 17.0 Å². The predicted octanol–water partition coefficient (Wildman–Crippen LogP) is 1.99. The molecular formula is C8H7. The third kappa shape index (κ3) is 0.353. The van der Waals surface area contributed by atoms with Gasteiger partial charge in [0.05, 0.1) is 0 Å². The molecule has 0 unspecified atom stereocenters. The lowest BCUT2D eigenvalue weighted by molar-refractivity contribution is 1.47. The minimum atomic E-state index is 1.45. The molecule has 0 bridgehead atoms. The van der Waals surface area contributed by atoms with E-state index in [1.54, 1.807) is 0 Å². The molecule has 0 nitrogen and oxygen atoms in total. The molecule has 39 valence electrons. The van der Waals surface area contributed by atoms with Crippen molar-refractivity contribution in [1.29, 1.82) is 0 Å². The van der Waals surface area contributed by atoms with Crippen molar-refractivity contribution in [3.05, 3.63) is 41.3 Å². The summed E-state index contributed by atoms with van der Waals surface area (Å²) in [4.78, 5) is 0. The van der Waals surface area contributed by atoms with Gasteiger partial charge < -0.3 is 0 Å². The van der Waals surface area contributed by atoms with Crippen molar-refractivity contribution in [3.63, 3.8) is 0 Å². The normalized spacial score (nSPS) is 15.6. The summed E-state index contributed by atoms with van der Waals surface area (Å²) in [7, 11) is 0. The molecule has 0 N–H and O–H groups in total. The Morgan fingerprint density at radius 3 is 1.88 bits per heavy atom. The standard InChI is InChI=1S/C8H7/c1-6-7-4-2-3-5-8(6)7/h2-5H,1H3. The zero-order valence-electron chi connectivity index (χ0n) is 4.81. The molecule has 0 heterocycles. The molecule has 0 saturated carbocycles. The summed E-state index contributed by atoms with van der Waals surface area (Å²) in [6.07, 6.45) is 0. The molecule has 0 amide bonds. The van der Waals surface area contributed by atoms with Crippen molar-refractivity contribution in [3.8, 4) is 0 Å². The zero-order valence-corrected chi connectivity index (χ0v) is 4.81. The van der Waals surface area contributed by atoms with Crippen molar-refractivity contribution in [2.24, 2.45) is 0 Å². The fraction of sp³-hybridized carbons (Fsp3) is 0.125. The average molecular weight is 103 g/mol. The van der Waals surface area contributed by atoms with Gasteiger partial charge in [-0.1, -0.05) is 31.2 Å². The molecule has 0 spiro atoms. The maximum absolute atomic E-state index is 2.16. The topological polar surface area (TPSA) is 0 Å². The lowest BCUT2D eigenvalue weighted by Crippen LogP contribution is -1.52. The van der Waals surface area contributed by atoms with Gasteiger partial charge in [-0.05, 0) is 11.1 Å². The van der Waals surface area contributed by atoms with E-state index in [0.717, 1.165) is 0 Å². The molecule has 1 aliphatic rings. The molecule has 0 fully saturated rings. The van der Waals surface area contributed by atoms with Crippen LogP contribution >= 0.6 is 0 Å². The Balaban J connectivity index is 2.58. The molecule has 0 aromatic heterocycles. The summed E-state index contributed by atoms with van der Waals surface area (Å²) in [5, 5.41) is 0. The van der Waals surface area contributed by atoms with E-state index < -0.39 is 0 Å². The second-order valence-corrected chi connectivity index (χ2v) is 2.17. The first-order valence-corrected chi connectivity index (χ1v) is 2.83. The lowest BCUT2D eigenvalue weighted by atomic mass is 10.4. The highest BCUT2D eigenvalue weighted by Crippen LogP contribution is 2.40. The summed E-state index contributed by atoms with van der Waals surface area (Å²) in [5.74, 6) is 1.47. The summed E-state index contributed by atoms with van der Waals surface area (Å²) in [5.41, 5.74) is 2.90. The van der Waals surface area contributed by atoms with Crippen LogP contribution in [0.15, 0.2) is 24.3 Å². The molecule has 0 atom stereocenters. The van der Waals surface area contributed by atoms with Crippen LogP contribution in [0, 0.1) is 5.92 Å². The van der Waals surface area contributed by atoms with Crippen molar-refractivity contribution in [2.75, 3.05) is 0 Å². The van der Waals surface area contributed by atoms with Gasteiger partial charge in [-0.2, -0.15) is 0 Å². The van der Waals surface area contributed by atoms with Gasteiger partial charge in [0.2, 0.25) is 0 Å². The van der Waals surface area contributed by atoms with Gasteiger partial charge in [0, 0.05) is 5.92 Å². The molecule has 2 rings (SSSR count). The Kier molecular flexibility index (Phi) is 0.587. The van der Waals surface area contributed by atoms with E-state index in [-0.39, 0.29) is 0 Å². The van der Waals surface area contributed by atoms with Crippen LogP contribution in [0.4, 0.5) is 0 Å².